The molecule has 2 aromatic rings. The number of carbonyl (C=O) groups is 1. The van der Waals surface area contributed by atoms with E-state index in [2.05, 4.69) is 21.3 Å². The highest BCUT2D eigenvalue weighted by atomic mass is 16.5. The van der Waals surface area contributed by atoms with Gasteiger partial charge in [-0.05, 0) is 13.0 Å². The van der Waals surface area contributed by atoms with Gasteiger partial charge >= 0.3 is 0 Å². The minimum atomic E-state index is -0.122. The van der Waals surface area contributed by atoms with Crippen LogP contribution in [0.5, 0.6) is 5.75 Å². The maximum Gasteiger partial charge on any atom is 0.275 e. The molecule has 0 aliphatic carbocycles. The Morgan fingerprint density at radius 2 is 2.08 bits per heavy atom. The quantitative estimate of drug-likeness (QED) is 0.802. The van der Waals surface area contributed by atoms with Gasteiger partial charge in [0, 0.05) is 39.3 Å². The van der Waals surface area contributed by atoms with Crippen molar-refractivity contribution in [1.29, 1.82) is 0 Å². The number of carbonyl (C=O) groups excluding carboxylic acids is 1. The van der Waals surface area contributed by atoms with E-state index in [1.807, 2.05) is 25.1 Å². The van der Waals surface area contributed by atoms with Crippen molar-refractivity contribution in [3.05, 3.63) is 41.7 Å². The minimum absolute atomic E-state index is 0.122. The Labute approximate surface area is 141 Å². The van der Waals surface area contributed by atoms with Gasteiger partial charge < -0.3 is 9.64 Å². The van der Waals surface area contributed by atoms with Crippen LogP contribution in [0.25, 0.3) is 0 Å². The first-order chi connectivity index (χ1) is 11.6. The van der Waals surface area contributed by atoms with Crippen molar-refractivity contribution in [2.75, 3.05) is 33.8 Å². The van der Waals surface area contributed by atoms with E-state index in [1.165, 1.54) is 10.5 Å². The van der Waals surface area contributed by atoms with Gasteiger partial charge in [0.15, 0.2) is 5.69 Å². The van der Waals surface area contributed by atoms with Crippen LogP contribution in [0.15, 0.2) is 30.5 Å². The Hall–Kier alpha value is -2.41. The number of ether oxygens (including phenoxy) is 1. The first-order valence-corrected chi connectivity index (χ1v) is 8.15. The maximum atomic E-state index is 11.9. The summed E-state index contributed by atoms with van der Waals surface area (Å²) in [6.07, 6.45) is 1.73. The van der Waals surface area contributed by atoms with Crippen molar-refractivity contribution in [2.45, 2.75) is 19.5 Å². The van der Waals surface area contributed by atoms with E-state index in [1.54, 1.807) is 25.0 Å². The number of aromatic nitrogens is 3. The molecule has 24 heavy (non-hydrogen) atoms. The molecule has 0 bridgehead atoms. The number of rotatable bonds is 6. The molecule has 128 valence electrons. The summed E-state index contributed by atoms with van der Waals surface area (Å²) < 4.78 is 7.47. The second-order valence-electron chi connectivity index (χ2n) is 6.17. The normalized spacial score (nSPS) is 15.1. The Bertz CT molecular complexity index is 707. The first kappa shape index (κ1) is 16.4. The molecule has 1 aliphatic heterocycles. The first-order valence-electron chi connectivity index (χ1n) is 8.15. The number of benzene rings is 1. The van der Waals surface area contributed by atoms with Crippen LogP contribution >= 0.6 is 0 Å². The summed E-state index contributed by atoms with van der Waals surface area (Å²) in [5.41, 5.74) is 1.58. The zero-order valence-electron chi connectivity index (χ0n) is 14.3. The van der Waals surface area contributed by atoms with Gasteiger partial charge in [-0.1, -0.05) is 23.4 Å². The summed E-state index contributed by atoms with van der Waals surface area (Å²) in [6.45, 7) is 5.29. The second kappa shape index (κ2) is 7.00. The van der Waals surface area contributed by atoms with Gasteiger partial charge in [0.05, 0.1) is 18.8 Å². The third kappa shape index (κ3) is 3.41. The molecule has 1 saturated heterocycles. The van der Waals surface area contributed by atoms with Crippen LogP contribution in [-0.2, 0) is 6.54 Å². The van der Waals surface area contributed by atoms with Gasteiger partial charge in [-0.15, -0.1) is 5.10 Å². The zero-order valence-corrected chi connectivity index (χ0v) is 14.3. The van der Waals surface area contributed by atoms with Crippen LogP contribution in [0.1, 0.15) is 29.0 Å². The molecule has 1 amide bonds. The standard InChI is InChI=1S/C17H23N5O2/c1-4-24-16-8-6-5-7-13(16)9-21-10-14(11-21)22-12-15(18-19-22)17(23)20(2)3/h5-8,12,14H,4,9-11H2,1-3H3. The van der Waals surface area contributed by atoms with Crippen molar-refractivity contribution in [3.8, 4) is 5.75 Å². The highest BCUT2D eigenvalue weighted by Gasteiger charge is 2.30. The van der Waals surface area contributed by atoms with Gasteiger partial charge in [0.1, 0.15) is 5.75 Å². The molecule has 0 atom stereocenters. The van der Waals surface area contributed by atoms with E-state index in [-0.39, 0.29) is 11.9 Å². The number of hydrogen-bond acceptors (Lipinski definition) is 5. The Morgan fingerprint density at radius 3 is 2.79 bits per heavy atom. The van der Waals surface area contributed by atoms with Crippen LogP contribution in [0.4, 0.5) is 0 Å². The summed E-state index contributed by atoms with van der Waals surface area (Å²) in [4.78, 5) is 15.7. The third-order valence-corrected chi connectivity index (χ3v) is 4.11. The average molecular weight is 329 g/mol. The van der Waals surface area contributed by atoms with Gasteiger partial charge in [-0.2, -0.15) is 0 Å². The molecular weight excluding hydrogens is 306 g/mol. The lowest BCUT2D eigenvalue weighted by Gasteiger charge is -2.39. The Balaban J connectivity index is 1.57. The van der Waals surface area contributed by atoms with Crippen molar-refractivity contribution >= 4 is 5.91 Å². The summed E-state index contributed by atoms with van der Waals surface area (Å²) in [5, 5.41) is 8.07. The molecule has 0 spiro atoms. The van der Waals surface area contributed by atoms with Crippen LogP contribution in [0.2, 0.25) is 0 Å². The van der Waals surface area contributed by atoms with Crippen molar-refractivity contribution in [1.82, 2.24) is 24.8 Å². The van der Waals surface area contributed by atoms with Crippen LogP contribution in [0.3, 0.4) is 0 Å². The predicted molar refractivity (Wildman–Crippen MR) is 90.0 cm³/mol. The van der Waals surface area contributed by atoms with Gasteiger partial charge in [-0.25, -0.2) is 4.68 Å². The molecule has 1 aliphatic rings. The lowest BCUT2D eigenvalue weighted by molar-refractivity contribution is 0.0820. The largest absolute Gasteiger partial charge is 0.494 e. The van der Waals surface area contributed by atoms with E-state index >= 15 is 0 Å². The number of nitrogens with zero attached hydrogens (tertiary/aromatic N) is 5. The van der Waals surface area contributed by atoms with Gasteiger partial charge in [0.25, 0.3) is 5.91 Å². The summed E-state index contributed by atoms with van der Waals surface area (Å²) in [7, 11) is 3.42. The van der Waals surface area contributed by atoms with Crippen molar-refractivity contribution < 1.29 is 9.53 Å². The number of hydrogen-bond donors (Lipinski definition) is 0. The third-order valence-electron chi connectivity index (χ3n) is 4.11. The molecule has 1 aromatic carbocycles. The number of likely N-dealkylation sites (tertiary alicyclic amines) is 1. The fourth-order valence-corrected chi connectivity index (χ4v) is 2.79. The van der Waals surface area contributed by atoms with E-state index < -0.39 is 0 Å². The highest BCUT2D eigenvalue weighted by Crippen LogP contribution is 2.26. The van der Waals surface area contributed by atoms with Gasteiger partial charge in [-0.3, -0.25) is 9.69 Å². The number of para-hydroxylation sites is 1. The van der Waals surface area contributed by atoms with Crippen LogP contribution < -0.4 is 4.74 Å². The fourth-order valence-electron chi connectivity index (χ4n) is 2.79. The average Bonchev–Trinajstić information content (AvgIpc) is 3.00. The topological polar surface area (TPSA) is 63.5 Å². The zero-order chi connectivity index (χ0) is 17.1. The van der Waals surface area contributed by atoms with Crippen molar-refractivity contribution in [2.24, 2.45) is 0 Å². The maximum absolute atomic E-state index is 11.9. The molecule has 1 fully saturated rings. The Kier molecular flexibility index (Phi) is 4.80. The van der Waals surface area contributed by atoms with Crippen LogP contribution in [0, 0.1) is 0 Å². The Morgan fingerprint density at radius 1 is 1.33 bits per heavy atom. The lowest BCUT2D eigenvalue weighted by Crippen LogP contribution is -2.47. The fraction of sp³-hybridized carbons (Fsp3) is 0.471. The van der Waals surface area contributed by atoms with E-state index in [4.69, 9.17) is 4.74 Å². The molecule has 7 nitrogen and oxygen atoms in total. The second-order valence-corrected chi connectivity index (χ2v) is 6.17. The summed E-state index contributed by atoms with van der Waals surface area (Å²) >= 11 is 0. The molecule has 0 unspecified atom stereocenters. The molecule has 1 aromatic heterocycles. The minimum Gasteiger partial charge on any atom is -0.494 e. The predicted octanol–water partition coefficient (Wildman–Crippen LogP) is 1.44. The monoisotopic (exact) mass is 329 g/mol. The molecule has 0 saturated carbocycles. The molecule has 3 rings (SSSR count). The SMILES string of the molecule is CCOc1ccccc1CN1CC(n2cc(C(=O)N(C)C)nn2)C1. The molecule has 2 heterocycles. The van der Waals surface area contributed by atoms with E-state index in [0.717, 1.165) is 25.4 Å². The number of amides is 1. The van der Waals surface area contributed by atoms with Crippen molar-refractivity contribution in [3.63, 3.8) is 0 Å². The highest BCUT2D eigenvalue weighted by molar-refractivity contribution is 5.91. The molecule has 0 radical (unpaired) electrons. The summed E-state index contributed by atoms with van der Waals surface area (Å²) in [6, 6.07) is 8.40. The van der Waals surface area contributed by atoms with Crippen LogP contribution in [-0.4, -0.2) is 64.5 Å². The summed E-state index contributed by atoms with van der Waals surface area (Å²) in [5.74, 6) is 0.825. The molecular formula is C17H23N5O2. The lowest BCUT2D eigenvalue weighted by atomic mass is 10.1. The molecule has 0 N–H and O–H groups in total. The molecule has 7 heteroatoms. The smallest absolute Gasteiger partial charge is 0.275 e. The van der Waals surface area contributed by atoms with Gasteiger partial charge in [0.2, 0.25) is 0 Å². The van der Waals surface area contributed by atoms with E-state index in [9.17, 15) is 4.79 Å². The van der Waals surface area contributed by atoms with E-state index in [0.29, 0.717) is 12.3 Å².